The van der Waals surface area contributed by atoms with Crippen LogP contribution >= 0.6 is 23.1 Å². The second kappa shape index (κ2) is 4.35. The Balaban J connectivity index is 2.02. The maximum atomic E-state index is 9.42. The van der Waals surface area contributed by atoms with Crippen LogP contribution < -0.4 is 0 Å². The van der Waals surface area contributed by atoms with Gasteiger partial charge in [-0.1, -0.05) is 17.8 Å². The second-order valence-corrected chi connectivity index (χ2v) is 5.39. The van der Waals surface area contributed by atoms with Crippen molar-refractivity contribution in [1.82, 2.24) is 9.97 Å². The molecule has 0 atom stereocenters. The summed E-state index contributed by atoms with van der Waals surface area (Å²) in [5.74, 6) is 0.270. The molecule has 0 saturated carbocycles. The Hall–Kier alpha value is -1.59. The van der Waals surface area contributed by atoms with Gasteiger partial charge in [-0.25, -0.2) is 9.97 Å². The van der Waals surface area contributed by atoms with Crippen molar-refractivity contribution >= 4 is 33.3 Å². The van der Waals surface area contributed by atoms with Gasteiger partial charge in [0.2, 0.25) is 0 Å². The third-order valence-electron chi connectivity index (χ3n) is 2.24. The summed E-state index contributed by atoms with van der Waals surface area (Å²) in [5, 5.41) is 12.4. The highest BCUT2D eigenvalue weighted by Crippen LogP contribution is 2.34. The molecule has 0 unspecified atom stereocenters. The normalized spacial score (nSPS) is 10.8. The lowest BCUT2D eigenvalue weighted by molar-refractivity contribution is 0.474. The minimum atomic E-state index is 0.270. The average Bonchev–Trinajstić information content (AvgIpc) is 2.78. The van der Waals surface area contributed by atoms with Crippen LogP contribution in [0.4, 0.5) is 0 Å². The minimum absolute atomic E-state index is 0.270. The van der Waals surface area contributed by atoms with E-state index in [9.17, 15) is 5.11 Å². The fraction of sp³-hybridized carbons (Fsp3) is 0. The Bertz CT molecular complexity index is 666. The largest absolute Gasteiger partial charge is 0.508 e. The molecular weight excluding hydrogens is 252 g/mol. The zero-order valence-electron chi connectivity index (χ0n) is 8.70. The molecule has 0 fully saturated rings. The molecule has 1 aromatic carbocycles. The molecule has 2 aromatic heterocycles. The fourth-order valence-electron chi connectivity index (χ4n) is 1.50. The van der Waals surface area contributed by atoms with Gasteiger partial charge in [0.15, 0.2) is 0 Å². The number of phenolic OH excluding ortho intramolecular Hbond substituents is 1. The van der Waals surface area contributed by atoms with Crippen LogP contribution in [0.15, 0.2) is 52.0 Å². The molecule has 0 bridgehead atoms. The summed E-state index contributed by atoms with van der Waals surface area (Å²) in [4.78, 5) is 9.45. The van der Waals surface area contributed by atoms with E-state index in [2.05, 4.69) is 9.97 Å². The summed E-state index contributed by atoms with van der Waals surface area (Å²) in [6.45, 7) is 0. The van der Waals surface area contributed by atoms with Gasteiger partial charge in [-0.15, -0.1) is 11.3 Å². The van der Waals surface area contributed by atoms with Gasteiger partial charge in [0.1, 0.15) is 17.1 Å². The quantitative estimate of drug-likeness (QED) is 0.716. The first-order chi connectivity index (χ1) is 8.33. The predicted molar refractivity (Wildman–Crippen MR) is 69.6 cm³/mol. The number of hydrogen-bond donors (Lipinski definition) is 1. The van der Waals surface area contributed by atoms with Crippen molar-refractivity contribution in [3.05, 3.63) is 42.0 Å². The number of hydrogen-bond acceptors (Lipinski definition) is 5. The Kier molecular flexibility index (Phi) is 2.70. The standard InChI is InChI=1S/C12H8N2OS2/c15-8-2-1-3-9(6-8)17-12-11-10(4-5-16-11)13-7-14-12/h1-7,15H. The van der Waals surface area contributed by atoms with Gasteiger partial charge in [0.25, 0.3) is 0 Å². The molecule has 3 nitrogen and oxygen atoms in total. The number of thiophene rings is 1. The highest BCUT2D eigenvalue weighted by atomic mass is 32.2. The maximum Gasteiger partial charge on any atom is 0.122 e. The molecule has 0 aliphatic carbocycles. The minimum Gasteiger partial charge on any atom is -0.508 e. The lowest BCUT2D eigenvalue weighted by Crippen LogP contribution is -1.82. The van der Waals surface area contributed by atoms with Gasteiger partial charge >= 0.3 is 0 Å². The van der Waals surface area contributed by atoms with E-state index in [0.29, 0.717) is 0 Å². The summed E-state index contributed by atoms with van der Waals surface area (Å²) in [6, 6.07) is 9.14. The summed E-state index contributed by atoms with van der Waals surface area (Å²) in [5.41, 5.74) is 0.965. The molecule has 5 heteroatoms. The first-order valence-electron chi connectivity index (χ1n) is 4.98. The predicted octanol–water partition coefficient (Wildman–Crippen LogP) is 3.55. The Morgan fingerprint density at radius 1 is 1.18 bits per heavy atom. The van der Waals surface area contributed by atoms with Crippen molar-refractivity contribution in [3.63, 3.8) is 0 Å². The van der Waals surface area contributed by atoms with Gasteiger partial charge in [-0.05, 0) is 29.6 Å². The van der Waals surface area contributed by atoms with Gasteiger partial charge in [-0.2, -0.15) is 0 Å². The Morgan fingerprint density at radius 2 is 2.12 bits per heavy atom. The van der Waals surface area contributed by atoms with Gasteiger partial charge in [0, 0.05) is 4.90 Å². The first kappa shape index (κ1) is 10.6. The number of aromatic hydroxyl groups is 1. The number of benzene rings is 1. The highest BCUT2D eigenvalue weighted by Gasteiger charge is 2.06. The van der Waals surface area contributed by atoms with Crippen LogP contribution in [0.25, 0.3) is 10.2 Å². The summed E-state index contributed by atoms with van der Waals surface area (Å²) in [6.07, 6.45) is 1.57. The van der Waals surface area contributed by atoms with Crippen molar-refractivity contribution in [2.45, 2.75) is 9.92 Å². The lowest BCUT2D eigenvalue weighted by Gasteiger charge is -2.02. The monoisotopic (exact) mass is 260 g/mol. The number of rotatable bonds is 2. The van der Waals surface area contributed by atoms with E-state index in [-0.39, 0.29) is 5.75 Å². The molecule has 17 heavy (non-hydrogen) atoms. The van der Waals surface area contributed by atoms with E-state index in [0.717, 1.165) is 20.1 Å². The van der Waals surface area contributed by atoms with Gasteiger partial charge < -0.3 is 5.11 Å². The number of fused-ring (bicyclic) bond motifs is 1. The second-order valence-electron chi connectivity index (χ2n) is 3.41. The third kappa shape index (κ3) is 2.11. The van der Waals surface area contributed by atoms with Crippen LogP contribution in [0.2, 0.25) is 0 Å². The van der Waals surface area contributed by atoms with Crippen LogP contribution in [-0.2, 0) is 0 Å². The molecule has 0 amide bonds. The van der Waals surface area contributed by atoms with Crippen LogP contribution in [0, 0.1) is 0 Å². The zero-order chi connectivity index (χ0) is 11.7. The zero-order valence-corrected chi connectivity index (χ0v) is 10.3. The number of nitrogens with zero attached hydrogens (tertiary/aromatic N) is 2. The van der Waals surface area contributed by atoms with Crippen LogP contribution in [0.5, 0.6) is 5.75 Å². The topological polar surface area (TPSA) is 46.0 Å². The van der Waals surface area contributed by atoms with E-state index in [1.54, 1.807) is 29.8 Å². The van der Waals surface area contributed by atoms with E-state index in [4.69, 9.17) is 0 Å². The van der Waals surface area contributed by atoms with Crippen molar-refractivity contribution < 1.29 is 5.11 Å². The maximum absolute atomic E-state index is 9.42. The van der Waals surface area contributed by atoms with Crippen LogP contribution in [0.3, 0.4) is 0 Å². The van der Waals surface area contributed by atoms with Crippen LogP contribution in [-0.4, -0.2) is 15.1 Å². The molecule has 3 aromatic rings. The first-order valence-corrected chi connectivity index (χ1v) is 6.67. The number of aromatic nitrogens is 2. The van der Waals surface area contributed by atoms with E-state index >= 15 is 0 Å². The third-order valence-corrected chi connectivity index (χ3v) is 4.27. The molecule has 3 rings (SSSR count). The molecule has 0 saturated heterocycles. The van der Waals surface area contributed by atoms with Crippen LogP contribution in [0.1, 0.15) is 0 Å². The summed E-state index contributed by atoms with van der Waals surface area (Å²) in [7, 11) is 0. The van der Waals surface area contributed by atoms with E-state index in [1.807, 2.05) is 23.6 Å². The molecule has 0 radical (unpaired) electrons. The van der Waals surface area contributed by atoms with Crippen molar-refractivity contribution in [1.29, 1.82) is 0 Å². The molecular formula is C12H8N2OS2. The SMILES string of the molecule is Oc1cccc(Sc2ncnc3ccsc23)c1. The van der Waals surface area contributed by atoms with Crippen molar-refractivity contribution in [2.24, 2.45) is 0 Å². The number of phenols is 1. The van der Waals surface area contributed by atoms with Gasteiger partial charge in [-0.3, -0.25) is 0 Å². The summed E-state index contributed by atoms with van der Waals surface area (Å²) >= 11 is 3.16. The molecule has 0 spiro atoms. The Morgan fingerprint density at radius 3 is 3.00 bits per heavy atom. The smallest absolute Gasteiger partial charge is 0.122 e. The highest BCUT2D eigenvalue weighted by molar-refractivity contribution is 7.99. The van der Waals surface area contributed by atoms with Crippen molar-refractivity contribution in [2.75, 3.05) is 0 Å². The molecule has 0 aliphatic heterocycles. The average molecular weight is 260 g/mol. The lowest BCUT2D eigenvalue weighted by atomic mass is 10.3. The molecule has 2 heterocycles. The van der Waals surface area contributed by atoms with Crippen molar-refractivity contribution in [3.8, 4) is 5.75 Å². The molecule has 1 N–H and O–H groups in total. The molecule has 84 valence electrons. The fourth-order valence-corrected chi connectivity index (χ4v) is 3.34. The van der Waals surface area contributed by atoms with E-state index < -0.39 is 0 Å². The summed E-state index contributed by atoms with van der Waals surface area (Å²) < 4.78 is 1.08. The van der Waals surface area contributed by atoms with E-state index in [1.165, 1.54) is 11.8 Å². The Labute approximate surface area is 106 Å². The molecule has 0 aliphatic rings. The van der Waals surface area contributed by atoms with Gasteiger partial charge in [0.05, 0.1) is 10.2 Å².